The van der Waals surface area contributed by atoms with Gasteiger partial charge in [0.2, 0.25) is 5.91 Å². The van der Waals surface area contributed by atoms with Gasteiger partial charge in [-0.15, -0.1) is 0 Å². The Morgan fingerprint density at radius 2 is 1.84 bits per heavy atom. The lowest BCUT2D eigenvalue weighted by Gasteiger charge is -2.16. The first kappa shape index (κ1) is 21.2. The molecule has 1 fully saturated rings. The normalized spacial score (nSPS) is 15.5. The summed E-state index contributed by atoms with van der Waals surface area (Å²) in [5, 5.41) is 4.09. The number of aromatic nitrogens is 1. The van der Waals surface area contributed by atoms with Crippen LogP contribution in [0, 0.1) is 0 Å². The van der Waals surface area contributed by atoms with Crippen LogP contribution in [0.25, 0.3) is 17.0 Å². The Hall–Kier alpha value is -3.03. The molecule has 0 aliphatic carbocycles. The van der Waals surface area contributed by atoms with Gasteiger partial charge in [-0.1, -0.05) is 29.8 Å². The van der Waals surface area contributed by atoms with E-state index in [0.717, 1.165) is 28.2 Å². The van der Waals surface area contributed by atoms with Crippen molar-refractivity contribution in [3.63, 3.8) is 0 Å². The number of hydrogen-bond acceptors (Lipinski definition) is 4. The number of rotatable bonds is 5. The molecule has 1 aliphatic heterocycles. The van der Waals surface area contributed by atoms with E-state index < -0.39 is 0 Å². The summed E-state index contributed by atoms with van der Waals surface area (Å²) < 4.78 is 1.83. The summed E-state index contributed by atoms with van der Waals surface area (Å²) in [6.45, 7) is 3.72. The van der Waals surface area contributed by atoms with Gasteiger partial charge in [-0.3, -0.25) is 19.3 Å². The number of nitrogens with one attached hydrogen (secondary N) is 1. The number of halogens is 1. The highest BCUT2D eigenvalue weighted by atomic mass is 35.5. The molecule has 4 rings (SSSR count). The van der Waals surface area contributed by atoms with Crippen LogP contribution in [0.15, 0.2) is 59.6 Å². The maximum absolute atomic E-state index is 12.6. The lowest BCUT2D eigenvalue weighted by molar-refractivity contribution is -0.123. The molecule has 1 aliphatic rings. The molecule has 2 aromatic carbocycles. The number of benzene rings is 2. The molecule has 2 heterocycles. The SMILES string of the molecule is CC(C)N1C(=O)SC(=Cc2cn(CC(=O)Nc3ccc(Cl)cc3)c3ccccc23)C1=O. The van der Waals surface area contributed by atoms with E-state index in [-0.39, 0.29) is 29.6 Å². The van der Waals surface area contributed by atoms with Crippen molar-refractivity contribution in [2.24, 2.45) is 0 Å². The molecule has 0 radical (unpaired) electrons. The van der Waals surface area contributed by atoms with Crippen molar-refractivity contribution in [3.8, 4) is 0 Å². The maximum Gasteiger partial charge on any atom is 0.293 e. The zero-order valence-corrected chi connectivity index (χ0v) is 18.5. The molecule has 0 bridgehead atoms. The van der Waals surface area contributed by atoms with Crippen LogP contribution >= 0.6 is 23.4 Å². The van der Waals surface area contributed by atoms with Gasteiger partial charge >= 0.3 is 0 Å². The number of carbonyl (C=O) groups is 3. The second kappa shape index (κ2) is 8.61. The molecular weight excluding hydrogens is 434 g/mol. The summed E-state index contributed by atoms with van der Waals surface area (Å²) in [7, 11) is 0. The van der Waals surface area contributed by atoms with Gasteiger partial charge in [0.15, 0.2) is 0 Å². The summed E-state index contributed by atoms with van der Waals surface area (Å²) in [6, 6.07) is 14.4. The van der Waals surface area contributed by atoms with E-state index in [2.05, 4.69) is 5.32 Å². The van der Waals surface area contributed by atoms with Crippen LogP contribution < -0.4 is 5.32 Å². The van der Waals surface area contributed by atoms with Crippen molar-refractivity contribution in [3.05, 3.63) is 70.2 Å². The summed E-state index contributed by atoms with van der Waals surface area (Å²) in [4.78, 5) is 39.1. The molecule has 3 aromatic rings. The lowest BCUT2D eigenvalue weighted by atomic mass is 10.1. The van der Waals surface area contributed by atoms with Crippen LogP contribution in [0.5, 0.6) is 0 Å². The van der Waals surface area contributed by atoms with Gasteiger partial charge < -0.3 is 9.88 Å². The molecule has 6 nitrogen and oxygen atoms in total. The summed E-state index contributed by atoms with van der Waals surface area (Å²) >= 11 is 6.83. The Kier molecular flexibility index (Phi) is 5.89. The minimum absolute atomic E-state index is 0.102. The van der Waals surface area contributed by atoms with Crippen LogP contribution in [-0.4, -0.2) is 32.6 Å². The van der Waals surface area contributed by atoms with Crippen molar-refractivity contribution in [1.29, 1.82) is 0 Å². The number of anilines is 1. The zero-order valence-electron chi connectivity index (χ0n) is 17.0. The van der Waals surface area contributed by atoms with Crippen molar-refractivity contribution < 1.29 is 14.4 Å². The van der Waals surface area contributed by atoms with Gasteiger partial charge in [0.1, 0.15) is 6.54 Å². The van der Waals surface area contributed by atoms with Crippen molar-refractivity contribution >= 4 is 63.1 Å². The number of thioether (sulfide) groups is 1. The highest BCUT2D eigenvalue weighted by Gasteiger charge is 2.36. The average molecular weight is 454 g/mol. The first-order chi connectivity index (χ1) is 14.8. The molecule has 1 N–H and O–H groups in total. The number of amides is 3. The van der Waals surface area contributed by atoms with Crippen LogP contribution in [0.3, 0.4) is 0 Å². The molecule has 1 aromatic heterocycles. The Balaban J connectivity index is 1.62. The molecule has 0 atom stereocenters. The Morgan fingerprint density at radius 3 is 2.52 bits per heavy atom. The van der Waals surface area contributed by atoms with E-state index in [0.29, 0.717) is 15.6 Å². The largest absolute Gasteiger partial charge is 0.337 e. The molecule has 1 saturated heterocycles. The van der Waals surface area contributed by atoms with Gasteiger partial charge in [0.05, 0.1) is 4.91 Å². The van der Waals surface area contributed by atoms with Gasteiger partial charge in [-0.25, -0.2) is 0 Å². The van der Waals surface area contributed by atoms with Crippen LogP contribution in [0.2, 0.25) is 5.02 Å². The zero-order chi connectivity index (χ0) is 22.1. The fourth-order valence-electron chi connectivity index (χ4n) is 3.48. The Bertz CT molecular complexity index is 1210. The first-order valence-electron chi connectivity index (χ1n) is 9.74. The molecule has 0 spiro atoms. The van der Waals surface area contributed by atoms with E-state index in [1.54, 1.807) is 30.3 Å². The molecule has 0 saturated carbocycles. The number of hydrogen-bond donors (Lipinski definition) is 1. The Labute approximate surface area is 188 Å². The average Bonchev–Trinajstić information content (AvgIpc) is 3.20. The fourth-order valence-corrected chi connectivity index (χ4v) is 4.55. The van der Waals surface area contributed by atoms with Crippen molar-refractivity contribution in [1.82, 2.24) is 9.47 Å². The Morgan fingerprint density at radius 1 is 1.13 bits per heavy atom. The second-order valence-electron chi connectivity index (χ2n) is 7.43. The summed E-state index contributed by atoms with van der Waals surface area (Å²) in [5.74, 6) is -0.475. The monoisotopic (exact) mass is 453 g/mol. The number of carbonyl (C=O) groups excluding carboxylic acids is 3. The first-order valence-corrected chi connectivity index (χ1v) is 10.9. The van der Waals surface area contributed by atoms with Gasteiger partial charge in [-0.05, 0) is 62.0 Å². The highest BCUT2D eigenvalue weighted by Crippen LogP contribution is 2.35. The molecular formula is C23H20ClN3O3S. The van der Waals surface area contributed by atoms with E-state index in [4.69, 9.17) is 11.6 Å². The minimum Gasteiger partial charge on any atom is -0.337 e. The highest BCUT2D eigenvalue weighted by molar-refractivity contribution is 8.18. The summed E-state index contributed by atoms with van der Waals surface area (Å²) in [5.41, 5.74) is 2.31. The third-order valence-corrected chi connectivity index (χ3v) is 6.02. The third kappa shape index (κ3) is 4.38. The van der Waals surface area contributed by atoms with E-state index in [1.165, 1.54) is 4.90 Å². The molecule has 31 heavy (non-hydrogen) atoms. The quantitative estimate of drug-likeness (QED) is 0.526. The predicted molar refractivity (Wildman–Crippen MR) is 125 cm³/mol. The number of imide groups is 1. The molecule has 158 valence electrons. The van der Waals surface area contributed by atoms with E-state index in [1.807, 2.05) is 48.9 Å². The number of para-hydroxylation sites is 1. The predicted octanol–water partition coefficient (Wildman–Crippen LogP) is 5.38. The molecule has 0 unspecified atom stereocenters. The van der Waals surface area contributed by atoms with E-state index >= 15 is 0 Å². The topological polar surface area (TPSA) is 71.4 Å². The van der Waals surface area contributed by atoms with Crippen molar-refractivity contribution in [2.75, 3.05) is 5.32 Å². The second-order valence-corrected chi connectivity index (χ2v) is 8.86. The van der Waals surface area contributed by atoms with Gasteiger partial charge in [0.25, 0.3) is 11.1 Å². The standard InChI is InChI=1S/C23H20ClN3O3S/c1-14(2)27-22(29)20(31-23(27)30)11-15-12-26(19-6-4-3-5-18(15)19)13-21(28)25-17-9-7-16(24)8-10-17/h3-12,14H,13H2,1-2H3,(H,25,28). The van der Waals surface area contributed by atoms with Crippen LogP contribution in [0.4, 0.5) is 10.5 Å². The van der Waals surface area contributed by atoms with Crippen LogP contribution in [-0.2, 0) is 16.1 Å². The molecule has 3 amide bonds. The maximum atomic E-state index is 12.6. The molecule has 8 heteroatoms. The minimum atomic E-state index is -0.290. The fraction of sp³-hybridized carbons (Fsp3) is 0.174. The van der Waals surface area contributed by atoms with E-state index in [9.17, 15) is 14.4 Å². The number of nitrogens with zero attached hydrogens (tertiary/aromatic N) is 2. The number of fused-ring (bicyclic) bond motifs is 1. The van der Waals surface area contributed by atoms with Gasteiger partial charge in [-0.2, -0.15) is 0 Å². The van der Waals surface area contributed by atoms with Crippen molar-refractivity contribution in [2.45, 2.75) is 26.4 Å². The van der Waals surface area contributed by atoms with Gasteiger partial charge in [0, 0.05) is 39.4 Å². The smallest absolute Gasteiger partial charge is 0.293 e. The lowest BCUT2D eigenvalue weighted by Crippen LogP contribution is -2.34. The third-order valence-electron chi connectivity index (χ3n) is 4.89. The van der Waals surface area contributed by atoms with Crippen LogP contribution in [0.1, 0.15) is 19.4 Å². The summed E-state index contributed by atoms with van der Waals surface area (Å²) in [6.07, 6.45) is 3.55.